The topological polar surface area (TPSA) is 67.0 Å². The second-order valence-electron chi connectivity index (χ2n) is 6.38. The fraction of sp³-hybridized carbons (Fsp3) is 0.143. The molecule has 0 spiro atoms. The Morgan fingerprint density at radius 1 is 1.12 bits per heavy atom. The third-order valence-electron chi connectivity index (χ3n) is 4.57. The lowest BCUT2D eigenvalue weighted by atomic mass is 9.99. The Kier molecular flexibility index (Phi) is 3.84. The number of carbonyl (C=O) groups excluding carboxylic acids is 1. The average Bonchev–Trinajstić information content (AvgIpc) is 3.13. The summed E-state index contributed by atoms with van der Waals surface area (Å²) in [7, 11) is 1.59. The lowest BCUT2D eigenvalue weighted by molar-refractivity contribution is -0.110. The van der Waals surface area contributed by atoms with Crippen LogP contribution in [0.4, 0.5) is 5.69 Å². The first kappa shape index (κ1) is 16.1. The van der Waals surface area contributed by atoms with E-state index in [-0.39, 0.29) is 5.91 Å². The number of H-pyrrole nitrogens is 1. The zero-order valence-electron chi connectivity index (χ0n) is 14.9. The molecule has 0 atom stereocenters. The van der Waals surface area contributed by atoms with Crippen LogP contribution < -0.4 is 10.1 Å². The number of aromatic amines is 1. The highest BCUT2D eigenvalue weighted by Gasteiger charge is 2.27. The predicted octanol–water partition coefficient (Wildman–Crippen LogP) is 4.19. The van der Waals surface area contributed by atoms with Gasteiger partial charge in [-0.2, -0.15) is 0 Å². The van der Waals surface area contributed by atoms with Crippen LogP contribution in [0.5, 0.6) is 5.88 Å². The van der Waals surface area contributed by atoms with Gasteiger partial charge in [-0.1, -0.05) is 18.2 Å². The zero-order valence-corrected chi connectivity index (χ0v) is 14.9. The molecule has 0 radical (unpaired) electrons. The van der Waals surface area contributed by atoms with Gasteiger partial charge >= 0.3 is 0 Å². The molecule has 2 N–H and O–H groups in total. The minimum absolute atomic E-state index is 0.0967. The molecule has 0 fully saturated rings. The van der Waals surface area contributed by atoms with Crippen LogP contribution in [0, 0.1) is 13.8 Å². The Balaban J connectivity index is 1.81. The van der Waals surface area contributed by atoms with E-state index in [1.165, 1.54) is 0 Å². The molecular formula is C21H19N3O2. The molecule has 0 saturated carbocycles. The van der Waals surface area contributed by atoms with Crippen LogP contribution >= 0.6 is 0 Å². The van der Waals surface area contributed by atoms with Crippen LogP contribution in [0.1, 0.15) is 22.5 Å². The fourth-order valence-corrected chi connectivity index (χ4v) is 3.30. The summed E-state index contributed by atoms with van der Waals surface area (Å²) < 4.78 is 5.12. The highest BCUT2D eigenvalue weighted by atomic mass is 16.5. The molecule has 0 aliphatic carbocycles. The van der Waals surface area contributed by atoms with Gasteiger partial charge < -0.3 is 15.0 Å². The smallest absolute Gasteiger partial charge is 0.256 e. The predicted molar refractivity (Wildman–Crippen MR) is 103 cm³/mol. The molecule has 5 nitrogen and oxygen atoms in total. The van der Waals surface area contributed by atoms with Crippen molar-refractivity contribution in [2.75, 3.05) is 12.4 Å². The Morgan fingerprint density at radius 3 is 2.58 bits per heavy atom. The van der Waals surface area contributed by atoms with Crippen molar-refractivity contribution in [1.82, 2.24) is 9.97 Å². The summed E-state index contributed by atoms with van der Waals surface area (Å²) in [5.41, 5.74) is 7.39. The summed E-state index contributed by atoms with van der Waals surface area (Å²) in [6.45, 7) is 4.04. The van der Waals surface area contributed by atoms with Gasteiger partial charge in [-0.05, 0) is 37.6 Å². The Labute approximate surface area is 151 Å². The van der Waals surface area contributed by atoms with Crippen LogP contribution in [-0.2, 0) is 4.79 Å². The summed E-state index contributed by atoms with van der Waals surface area (Å²) in [6, 6.07) is 11.7. The maximum absolute atomic E-state index is 12.6. The third kappa shape index (κ3) is 2.67. The van der Waals surface area contributed by atoms with Gasteiger partial charge in [-0.25, -0.2) is 4.98 Å². The van der Waals surface area contributed by atoms with Crippen molar-refractivity contribution < 1.29 is 9.53 Å². The van der Waals surface area contributed by atoms with Gasteiger partial charge in [0.1, 0.15) is 0 Å². The van der Waals surface area contributed by atoms with Crippen LogP contribution in [0.15, 0.2) is 42.6 Å². The van der Waals surface area contributed by atoms with Crippen molar-refractivity contribution >= 4 is 23.2 Å². The Morgan fingerprint density at radius 2 is 1.92 bits per heavy atom. The summed E-state index contributed by atoms with van der Waals surface area (Å²) in [5, 5.41) is 3.01. The number of para-hydroxylation sites is 1. The van der Waals surface area contributed by atoms with Crippen LogP contribution in [0.2, 0.25) is 0 Å². The molecule has 130 valence electrons. The average molecular weight is 345 g/mol. The lowest BCUT2D eigenvalue weighted by Crippen LogP contribution is -2.04. The molecule has 1 aliphatic heterocycles. The number of methoxy groups -OCH3 is 1. The quantitative estimate of drug-likeness (QED) is 0.699. The van der Waals surface area contributed by atoms with E-state index in [0.717, 1.165) is 39.3 Å². The van der Waals surface area contributed by atoms with E-state index in [1.807, 2.05) is 50.3 Å². The van der Waals surface area contributed by atoms with E-state index in [2.05, 4.69) is 21.4 Å². The molecule has 5 heteroatoms. The molecule has 0 unspecified atom stereocenters. The highest BCUT2D eigenvalue weighted by molar-refractivity contribution is 6.36. The van der Waals surface area contributed by atoms with E-state index in [1.54, 1.807) is 13.3 Å². The van der Waals surface area contributed by atoms with Gasteiger partial charge in [0.15, 0.2) is 0 Å². The van der Waals surface area contributed by atoms with Crippen molar-refractivity contribution in [2.24, 2.45) is 0 Å². The SMILES string of the molecule is COc1ccc(-c2cccc3c2NC(=O)/C3=C\c2[nH]c(C)cc2C)cn1. The number of aryl methyl sites for hydroxylation is 2. The fourth-order valence-electron chi connectivity index (χ4n) is 3.30. The Hall–Kier alpha value is -3.34. The number of aromatic nitrogens is 2. The number of pyridine rings is 1. The van der Waals surface area contributed by atoms with Crippen molar-refractivity contribution in [3.63, 3.8) is 0 Å². The highest BCUT2D eigenvalue weighted by Crippen LogP contribution is 2.40. The monoisotopic (exact) mass is 345 g/mol. The van der Waals surface area contributed by atoms with Gasteiger partial charge in [0, 0.05) is 40.3 Å². The molecular weight excluding hydrogens is 326 g/mol. The van der Waals surface area contributed by atoms with Crippen LogP contribution in [-0.4, -0.2) is 23.0 Å². The minimum Gasteiger partial charge on any atom is -0.481 e. The number of benzene rings is 1. The van der Waals surface area contributed by atoms with Crippen molar-refractivity contribution in [3.05, 3.63) is 65.1 Å². The summed E-state index contributed by atoms with van der Waals surface area (Å²) in [5.74, 6) is 0.462. The number of nitrogens with zero attached hydrogens (tertiary/aromatic N) is 1. The molecule has 2 aromatic heterocycles. The number of rotatable bonds is 3. The van der Waals surface area contributed by atoms with Crippen molar-refractivity contribution in [3.8, 4) is 17.0 Å². The van der Waals surface area contributed by atoms with Crippen molar-refractivity contribution in [1.29, 1.82) is 0 Å². The zero-order chi connectivity index (χ0) is 18.3. The lowest BCUT2D eigenvalue weighted by Gasteiger charge is -2.08. The summed E-state index contributed by atoms with van der Waals surface area (Å²) >= 11 is 0. The molecule has 0 bridgehead atoms. The second kappa shape index (κ2) is 6.19. The molecule has 1 aliphatic rings. The maximum atomic E-state index is 12.6. The summed E-state index contributed by atoms with van der Waals surface area (Å²) in [6.07, 6.45) is 3.67. The van der Waals surface area contributed by atoms with E-state index < -0.39 is 0 Å². The third-order valence-corrected chi connectivity index (χ3v) is 4.57. The number of carbonyl (C=O) groups is 1. The van der Waals surface area contributed by atoms with E-state index in [0.29, 0.717) is 11.5 Å². The Bertz CT molecular complexity index is 1030. The molecule has 3 aromatic rings. The molecule has 4 rings (SSSR count). The van der Waals surface area contributed by atoms with Gasteiger partial charge in [-0.3, -0.25) is 4.79 Å². The van der Waals surface area contributed by atoms with Gasteiger partial charge in [0.05, 0.1) is 18.4 Å². The van der Waals surface area contributed by atoms with Gasteiger partial charge in [-0.15, -0.1) is 0 Å². The van der Waals surface area contributed by atoms with E-state index in [4.69, 9.17) is 4.74 Å². The minimum atomic E-state index is -0.0967. The number of hydrogen-bond donors (Lipinski definition) is 2. The molecule has 3 heterocycles. The maximum Gasteiger partial charge on any atom is 0.256 e. The normalized spacial score (nSPS) is 14.4. The molecule has 1 aromatic carbocycles. The standard InChI is InChI=1S/C21H19N3O2/c1-12-9-13(2)23-18(12)10-17-16-6-4-5-15(20(16)24-21(17)25)14-7-8-19(26-3)22-11-14/h4-11,23H,1-3H3,(H,24,25)/b17-10-. The number of hydrogen-bond acceptors (Lipinski definition) is 3. The first-order valence-corrected chi connectivity index (χ1v) is 8.40. The molecule has 1 amide bonds. The molecule has 26 heavy (non-hydrogen) atoms. The molecule has 0 saturated heterocycles. The second-order valence-corrected chi connectivity index (χ2v) is 6.38. The van der Waals surface area contributed by atoms with E-state index in [9.17, 15) is 4.79 Å². The largest absolute Gasteiger partial charge is 0.481 e. The number of ether oxygens (including phenoxy) is 1. The number of nitrogens with one attached hydrogen (secondary N) is 2. The first-order chi connectivity index (χ1) is 12.6. The van der Waals surface area contributed by atoms with Gasteiger partial charge in [0.2, 0.25) is 5.88 Å². The van der Waals surface area contributed by atoms with E-state index >= 15 is 0 Å². The van der Waals surface area contributed by atoms with Crippen LogP contribution in [0.3, 0.4) is 0 Å². The number of amides is 1. The summed E-state index contributed by atoms with van der Waals surface area (Å²) in [4.78, 5) is 20.2. The van der Waals surface area contributed by atoms with Gasteiger partial charge in [0.25, 0.3) is 5.91 Å². The number of anilines is 1. The number of fused-ring (bicyclic) bond motifs is 1. The first-order valence-electron chi connectivity index (χ1n) is 8.40. The van der Waals surface area contributed by atoms with Crippen LogP contribution in [0.25, 0.3) is 22.8 Å². The van der Waals surface area contributed by atoms with Crippen molar-refractivity contribution in [2.45, 2.75) is 13.8 Å².